The van der Waals surface area contributed by atoms with E-state index in [1.807, 2.05) is 12.1 Å². The Bertz CT molecular complexity index is 920. The summed E-state index contributed by atoms with van der Waals surface area (Å²) in [6.45, 7) is 1.80. The fourth-order valence-electron chi connectivity index (χ4n) is 2.03. The van der Waals surface area contributed by atoms with Crippen molar-refractivity contribution >= 4 is 58.2 Å². The zero-order valence-corrected chi connectivity index (χ0v) is 17.2. The average Bonchev–Trinajstić information content (AvgIpc) is 3.07. The molecule has 0 aliphatic rings. The van der Waals surface area contributed by atoms with Crippen LogP contribution in [0, 0.1) is 0 Å². The van der Waals surface area contributed by atoms with E-state index in [9.17, 15) is 0 Å². The van der Waals surface area contributed by atoms with Gasteiger partial charge in [0.2, 0.25) is 0 Å². The first-order chi connectivity index (χ1) is 12.4. The van der Waals surface area contributed by atoms with Gasteiger partial charge >= 0.3 is 0 Å². The van der Waals surface area contributed by atoms with Crippen LogP contribution < -0.4 is 4.74 Å². The molecule has 0 N–H and O–H groups in total. The van der Waals surface area contributed by atoms with Crippen LogP contribution in [0.15, 0.2) is 46.0 Å². The first-order valence-corrected chi connectivity index (χ1v) is 9.94. The molecule has 0 unspecified atom stereocenters. The molecule has 0 saturated carbocycles. The first kappa shape index (κ1) is 19.6. The second kappa shape index (κ2) is 8.72. The summed E-state index contributed by atoms with van der Waals surface area (Å²) in [6, 6.07) is 10.5. The van der Waals surface area contributed by atoms with E-state index >= 15 is 0 Å². The molecule has 3 rings (SSSR count). The van der Waals surface area contributed by atoms with Gasteiger partial charge in [-0.1, -0.05) is 64.2 Å². The van der Waals surface area contributed by atoms with Crippen LogP contribution in [-0.4, -0.2) is 10.2 Å². The van der Waals surface area contributed by atoms with Crippen molar-refractivity contribution in [2.24, 2.45) is 0 Å². The lowest BCUT2D eigenvalue weighted by Crippen LogP contribution is -2.03. The van der Waals surface area contributed by atoms with Crippen molar-refractivity contribution < 1.29 is 9.15 Å². The van der Waals surface area contributed by atoms with Crippen molar-refractivity contribution in [3.63, 3.8) is 0 Å². The molecule has 0 amide bonds. The molecule has 1 aromatic heterocycles. The molecule has 0 fully saturated rings. The Hall–Kier alpha value is -1.11. The number of rotatable bonds is 6. The van der Waals surface area contributed by atoms with Gasteiger partial charge in [-0.15, -0.1) is 10.2 Å². The minimum atomic E-state index is -0.458. The zero-order valence-electron chi connectivity index (χ0n) is 13.4. The SMILES string of the molecule is C[C@H](Oc1ccc(Cl)cc1Cl)c1nnc(SCc2ccc(Cl)c(Cl)c2)o1. The van der Waals surface area contributed by atoms with Crippen LogP contribution in [0.1, 0.15) is 24.5 Å². The van der Waals surface area contributed by atoms with Crippen molar-refractivity contribution in [2.75, 3.05) is 0 Å². The largest absolute Gasteiger partial charge is 0.479 e. The Balaban J connectivity index is 1.62. The maximum atomic E-state index is 6.11. The van der Waals surface area contributed by atoms with Crippen molar-refractivity contribution in [2.45, 2.75) is 24.0 Å². The van der Waals surface area contributed by atoms with Crippen LogP contribution in [0.5, 0.6) is 5.75 Å². The van der Waals surface area contributed by atoms with Gasteiger partial charge in [-0.3, -0.25) is 0 Å². The van der Waals surface area contributed by atoms with E-state index in [-0.39, 0.29) is 0 Å². The monoisotopic (exact) mass is 448 g/mol. The molecule has 0 radical (unpaired) electrons. The lowest BCUT2D eigenvalue weighted by molar-refractivity contribution is 0.182. The predicted molar refractivity (Wildman–Crippen MR) is 106 cm³/mol. The molecule has 0 aliphatic heterocycles. The van der Waals surface area contributed by atoms with Crippen molar-refractivity contribution in [1.82, 2.24) is 10.2 Å². The fraction of sp³-hybridized carbons (Fsp3) is 0.176. The molecule has 9 heteroatoms. The molecule has 1 heterocycles. The van der Waals surface area contributed by atoms with Crippen molar-refractivity contribution in [3.05, 3.63) is 67.9 Å². The quantitative estimate of drug-likeness (QED) is 0.375. The van der Waals surface area contributed by atoms with Crippen LogP contribution >= 0.6 is 58.2 Å². The van der Waals surface area contributed by atoms with Crippen LogP contribution in [0.2, 0.25) is 20.1 Å². The second-order valence-electron chi connectivity index (χ2n) is 5.28. The van der Waals surface area contributed by atoms with E-state index in [0.29, 0.717) is 42.7 Å². The average molecular weight is 450 g/mol. The molecule has 0 bridgehead atoms. The van der Waals surface area contributed by atoms with E-state index in [4.69, 9.17) is 55.6 Å². The predicted octanol–water partition coefficient (Wildman–Crippen LogP) is 7.12. The highest BCUT2D eigenvalue weighted by Gasteiger charge is 2.17. The summed E-state index contributed by atoms with van der Waals surface area (Å²) in [6.07, 6.45) is -0.458. The molecular weight excluding hydrogens is 438 g/mol. The number of halogens is 4. The highest BCUT2D eigenvalue weighted by atomic mass is 35.5. The van der Waals surface area contributed by atoms with Crippen LogP contribution in [0.25, 0.3) is 0 Å². The van der Waals surface area contributed by atoms with Gasteiger partial charge in [0.15, 0.2) is 6.10 Å². The molecule has 2 aromatic carbocycles. The Kier molecular flexibility index (Phi) is 6.59. The smallest absolute Gasteiger partial charge is 0.277 e. The van der Waals surface area contributed by atoms with Crippen molar-refractivity contribution in [3.8, 4) is 5.75 Å². The highest BCUT2D eigenvalue weighted by Crippen LogP contribution is 2.32. The van der Waals surface area contributed by atoms with Gasteiger partial charge in [0.05, 0.1) is 15.1 Å². The summed E-state index contributed by atoms with van der Waals surface area (Å²) in [7, 11) is 0. The maximum absolute atomic E-state index is 6.11. The topological polar surface area (TPSA) is 48.2 Å². The van der Waals surface area contributed by atoms with Gasteiger partial charge in [-0.25, -0.2) is 0 Å². The third-order valence-electron chi connectivity index (χ3n) is 3.31. The minimum Gasteiger partial charge on any atom is -0.479 e. The zero-order chi connectivity index (χ0) is 18.7. The van der Waals surface area contributed by atoms with Crippen LogP contribution in [0.4, 0.5) is 0 Å². The molecule has 0 saturated heterocycles. The number of hydrogen-bond acceptors (Lipinski definition) is 5. The molecule has 4 nitrogen and oxygen atoms in total. The summed E-state index contributed by atoms with van der Waals surface area (Å²) >= 11 is 25.3. The van der Waals surface area contributed by atoms with Gasteiger partial charge in [-0.2, -0.15) is 0 Å². The fourth-order valence-corrected chi connectivity index (χ4v) is 3.52. The summed E-state index contributed by atoms with van der Waals surface area (Å²) < 4.78 is 11.4. The number of benzene rings is 2. The highest BCUT2D eigenvalue weighted by molar-refractivity contribution is 7.98. The molecule has 1 atom stereocenters. The third kappa shape index (κ3) is 4.99. The lowest BCUT2D eigenvalue weighted by Gasteiger charge is -2.12. The van der Waals surface area contributed by atoms with Crippen molar-refractivity contribution in [1.29, 1.82) is 0 Å². The Morgan fingerprint density at radius 2 is 1.81 bits per heavy atom. The van der Waals surface area contributed by atoms with E-state index in [2.05, 4.69) is 10.2 Å². The molecular formula is C17H12Cl4N2O2S. The van der Waals surface area contributed by atoms with Gasteiger partial charge < -0.3 is 9.15 Å². The molecule has 136 valence electrons. The number of nitrogens with zero attached hydrogens (tertiary/aromatic N) is 2. The van der Waals surface area contributed by atoms with Gasteiger partial charge in [-0.05, 0) is 42.8 Å². The number of thioether (sulfide) groups is 1. The summed E-state index contributed by atoms with van der Waals surface area (Å²) in [5, 5.41) is 10.5. The molecule has 3 aromatic rings. The van der Waals surface area contributed by atoms with Crippen LogP contribution in [0.3, 0.4) is 0 Å². The molecule has 26 heavy (non-hydrogen) atoms. The lowest BCUT2D eigenvalue weighted by atomic mass is 10.2. The summed E-state index contributed by atoms with van der Waals surface area (Å²) in [5.74, 6) is 1.47. The number of ether oxygens (including phenoxy) is 1. The van der Waals surface area contributed by atoms with Crippen LogP contribution in [-0.2, 0) is 5.75 Å². The summed E-state index contributed by atoms with van der Waals surface area (Å²) in [5.41, 5.74) is 1.00. The van der Waals surface area contributed by atoms with Gasteiger partial charge in [0.25, 0.3) is 11.1 Å². The first-order valence-electron chi connectivity index (χ1n) is 7.44. The maximum Gasteiger partial charge on any atom is 0.277 e. The van der Waals surface area contributed by atoms with Gasteiger partial charge in [0, 0.05) is 10.8 Å². The van der Waals surface area contributed by atoms with Gasteiger partial charge in [0.1, 0.15) is 5.75 Å². The van der Waals surface area contributed by atoms with E-state index in [1.54, 1.807) is 31.2 Å². The van der Waals surface area contributed by atoms with E-state index in [0.717, 1.165) is 5.56 Å². The minimum absolute atomic E-state index is 0.354. The Morgan fingerprint density at radius 1 is 1.00 bits per heavy atom. The second-order valence-corrected chi connectivity index (χ2v) is 7.86. The summed E-state index contributed by atoms with van der Waals surface area (Å²) in [4.78, 5) is 0. The standard InChI is InChI=1S/C17H12Cl4N2O2S/c1-9(24-15-5-3-11(18)7-14(15)21)16-22-23-17(25-16)26-8-10-2-4-12(19)13(20)6-10/h2-7,9H,8H2,1H3/t9-/m0/s1. The normalized spacial score (nSPS) is 12.2. The van der Waals surface area contributed by atoms with E-state index in [1.165, 1.54) is 11.8 Å². The third-order valence-corrected chi connectivity index (χ3v) is 5.47. The Labute approximate surface area is 174 Å². The molecule has 0 spiro atoms. The Morgan fingerprint density at radius 3 is 2.54 bits per heavy atom. The molecule has 0 aliphatic carbocycles. The van der Waals surface area contributed by atoms with E-state index < -0.39 is 6.10 Å². The number of aromatic nitrogens is 2. The number of hydrogen-bond donors (Lipinski definition) is 0.